The second kappa shape index (κ2) is 3.44. The minimum Gasteiger partial charge on any atom is -0.485 e. The lowest BCUT2D eigenvalue weighted by Gasteiger charge is -2.12. The van der Waals surface area contributed by atoms with E-state index in [2.05, 4.69) is 5.32 Å². The van der Waals surface area contributed by atoms with Gasteiger partial charge in [0, 0.05) is 25.1 Å². The van der Waals surface area contributed by atoms with Crippen LogP contribution in [-0.4, -0.2) is 12.6 Å². The van der Waals surface area contributed by atoms with Crippen molar-refractivity contribution in [2.24, 2.45) is 0 Å². The van der Waals surface area contributed by atoms with Crippen LogP contribution in [0.5, 0.6) is 5.75 Å². The zero-order chi connectivity index (χ0) is 10.1. The first-order chi connectivity index (χ1) is 6.66. The molecule has 0 radical (unpaired) electrons. The van der Waals surface area contributed by atoms with E-state index >= 15 is 0 Å². The molecule has 1 heterocycles. The molecule has 0 saturated carbocycles. The van der Waals surface area contributed by atoms with Crippen molar-refractivity contribution in [2.75, 3.05) is 11.9 Å². The van der Waals surface area contributed by atoms with Crippen LogP contribution >= 0.6 is 0 Å². The summed E-state index contributed by atoms with van der Waals surface area (Å²) < 4.78 is 31.5. The predicted molar refractivity (Wildman–Crippen MR) is 49.6 cm³/mol. The highest BCUT2D eigenvalue weighted by molar-refractivity contribution is 5.57. The van der Waals surface area contributed by atoms with Gasteiger partial charge < -0.3 is 10.1 Å². The number of fused-ring (bicyclic) bond motifs is 1. The van der Waals surface area contributed by atoms with Gasteiger partial charge in [0.2, 0.25) is 0 Å². The highest BCUT2D eigenvalue weighted by Crippen LogP contribution is 2.32. The Morgan fingerprint density at radius 3 is 3.00 bits per heavy atom. The lowest BCUT2D eigenvalue weighted by atomic mass is 10.2. The van der Waals surface area contributed by atoms with Crippen molar-refractivity contribution in [3.05, 3.63) is 23.8 Å². The Bertz CT molecular complexity index is 354. The average molecular weight is 199 g/mol. The van der Waals surface area contributed by atoms with Crippen LogP contribution in [0.15, 0.2) is 12.1 Å². The van der Waals surface area contributed by atoms with Crippen molar-refractivity contribution < 1.29 is 13.5 Å². The molecule has 1 N–H and O–H groups in total. The smallest absolute Gasteiger partial charge is 0.178 e. The molecule has 0 spiro atoms. The van der Waals surface area contributed by atoms with Crippen LogP contribution in [0.2, 0.25) is 0 Å². The second-order valence-corrected chi connectivity index (χ2v) is 3.41. The number of benzene rings is 1. The maximum absolute atomic E-state index is 13.3. The van der Waals surface area contributed by atoms with Crippen LogP contribution in [0.1, 0.15) is 13.3 Å². The second-order valence-electron chi connectivity index (χ2n) is 3.41. The molecule has 0 saturated heterocycles. The maximum Gasteiger partial charge on any atom is 0.178 e. The Kier molecular flexibility index (Phi) is 2.27. The minimum absolute atomic E-state index is 0.0521. The number of nitrogens with one attached hydrogen (secondary N) is 1. The largest absolute Gasteiger partial charge is 0.485 e. The third kappa shape index (κ3) is 1.64. The van der Waals surface area contributed by atoms with Crippen LogP contribution < -0.4 is 10.1 Å². The van der Waals surface area contributed by atoms with Crippen molar-refractivity contribution in [1.29, 1.82) is 0 Å². The van der Waals surface area contributed by atoms with Gasteiger partial charge in [-0.05, 0) is 6.92 Å². The number of anilines is 1. The zero-order valence-electron chi connectivity index (χ0n) is 7.81. The van der Waals surface area contributed by atoms with E-state index in [4.69, 9.17) is 4.74 Å². The van der Waals surface area contributed by atoms with E-state index in [1.54, 1.807) is 0 Å². The van der Waals surface area contributed by atoms with E-state index in [-0.39, 0.29) is 11.9 Å². The molecular weight excluding hydrogens is 188 g/mol. The molecular formula is C10H11F2NO. The van der Waals surface area contributed by atoms with Gasteiger partial charge in [-0.2, -0.15) is 0 Å². The van der Waals surface area contributed by atoms with Gasteiger partial charge in [0.05, 0.1) is 11.8 Å². The maximum atomic E-state index is 13.3. The summed E-state index contributed by atoms with van der Waals surface area (Å²) in [4.78, 5) is 0. The predicted octanol–water partition coefficient (Wildman–Crippen LogP) is 2.55. The van der Waals surface area contributed by atoms with Crippen molar-refractivity contribution in [2.45, 2.75) is 19.4 Å². The lowest BCUT2D eigenvalue weighted by molar-refractivity contribution is 0.212. The van der Waals surface area contributed by atoms with Crippen LogP contribution in [0, 0.1) is 11.6 Å². The van der Waals surface area contributed by atoms with Gasteiger partial charge in [0.1, 0.15) is 5.82 Å². The minimum atomic E-state index is -0.652. The molecule has 1 aliphatic rings. The number of hydrogen-bond acceptors (Lipinski definition) is 2. The van der Waals surface area contributed by atoms with Crippen molar-refractivity contribution in [1.82, 2.24) is 0 Å². The molecule has 4 heteroatoms. The summed E-state index contributed by atoms with van der Waals surface area (Å²) in [6, 6.07) is 2.08. The van der Waals surface area contributed by atoms with Gasteiger partial charge in [0.15, 0.2) is 11.6 Å². The lowest BCUT2D eigenvalue weighted by Crippen LogP contribution is -2.12. The molecule has 0 aromatic heterocycles. The van der Waals surface area contributed by atoms with E-state index in [0.717, 1.165) is 12.5 Å². The SMILES string of the molecule is CC1CCNc2cc(F)cc(F)c2O1. The Morgan fingerprint density at radius 1 is 1.43 bits per heavy atom. The Labute approximate surface area is 80.9 Å². The molecule has 14 heavy (non-hydrogen) atoms. The van der Waals surface area contributed by atoms with Crippen molar-refractivity contribution >= 4 is 5.69 Å². The van der Waals surface area contributed by atoms with E-state index in [9.17, 15) is 8.78 Å². The first-order valence-corrected chi connectivity index (χ1v) is 4.56. The summed E-state index contributed by atoms with van der Waals surface area (Å²) >= 11 is 0. The van der Waals surface area contributed by atoms with Gasteiger partial charge in [-0.3, -0.25) is 0 Å². The zero-order valence-corrected chi connectivity index (χ0v) is 7.81. The average Bonchev–Trinajstić information content (AvgIpc) is 2.27. The molecule has 0 amide bonds. The molecule has 76 valence electrons. The van der Waals surface area contributed by atoms with Crippen molar-refractivity contribution in [3.8, 4) is 5.75 Å². The Morgan fingerprint density at radius 2 is 2.21 bits per heavy atom. The summed E-state index contributed by atoms with van der Waals surface area (Å²) in [6.07, 6.45) is 0.721. The molecule has 0 bridgehead atoms. The molecule has 0 fully saturated rings. The molecule has 1 unspecified atom stereocenters. The molecule has 1 atom stereocenters. The monoisotopic (exact) mass is 199 g/mol. The first kappa shape index (κ1) is 9.24. The molecule has 1 aromatic carbocycles. The highest BCUT2D eigenvalue weighted by Gasteiger charge is 2.18. The van der Waals surface area contributed by atoms with Crippen LogP contribution in [0.4, 0.5) is 14.5 Å². The molecule has 1 aliphatic heterocycles. The third-order valence-corrected chi connectivity index (χ3v) is 2.19. The number of ether oxygens (including phenoxy) is 1. The summed E-state index contributed by atoms with van der Waals surface area (Å²) in [5.74, 6) is -1.12. The quantitative estimate of drug-likeness (QED) is 0.693. The van der Waals surface area contributed by atoms with Crippen LogP contribution in [0.3, 0.4) is 0 Å². The van der Waals surface area contributed by atoms with Gasteiger partial charge in [-0.25, -0.2) is 8.78 Å². The summed E-state index contributed by atoms with van der Waals surface area (Å²) in [5.41, 5.74) is 0.395. The van der Waals surface area contributed by atoms with Crippen LogP contribution in [0.25, 0.3) is 0 Å². The fraction of sp³-hybridized carbons (Fsp3) is 0.400. The number of halogens is 2. The van der Waals surface area contributed by atoms with E-state index in [1.165, 1.54) is 6.07 Å². The summed E-state index contributed by atoms with van der Waals surface area (Å²) in [5, 5.41) is 2.93. The Hall–Kier alpha value is -1.32. The standard InChI is InChI=1S/C10H11F2NO/c1-6-2-3-13-9-5-7(11)4-8(12)10(9)14-6/h4-6,13H,2-3H2,1H3. The van der Waals surface area contributed by atoms with Crippen molar-refractivity contribution in [3.63, 3.8) is 0 Å². The highest BCUT2D eigenvalue weighted by atomic mass is 19.1. The summed E-state index contributed by atoms with van der Waals surface area (Å²) in [6.45, 7) is 2.52. The third-order valence-electron chi connectivity index (χ3n) is 2.19. The normalized spacial score (nSPS) is 20.4. The van der Waals surface area contributed by atoms with Gasteiger partial charge >= 0.3 is 0 Å². The van der Waals surface area contributed by atoms with Gasteiger partial charge in [0.25, 0.3) is 0 Å². The topological polar surface area (TPSA) is 21.3 Å². The van der Waals surface area contributed by atoms with E-state index in [1.807, 2.05) is 6.92 Å². The van der Waals surface area contributed by atoms with Gasteiger partial charge in [-0.15, -0.1) is 0 Å². The van der Waals surface area contributed by atoms with E-state index < -0.39 is 11.6 Å². The van der Waals surface area contributed by atoms with E-state index in [0.29, 0.717) is 12.2 Å². The molecule has 2 nitrogen and oxygen atoms in total. The molecule has 1 aromatic rings. The number of rotatable bonds is 0. The summed E-state index contributed by atoms with van der Waals surface area (Å²) in [7, 11) is 0. The fourth-order valence-electron chi connectivity index (χ4n) is 1.48. The molecule has 2 rings (SSSR count). The fourth-order valence-corrected chi connectivity index (χ4v) is 1.48. The molecule has 0 aliphatic carbocycles. The Balaban J connectivity index is 2.45. The number of hydrogen-bond donors (Lipinski definition) is 1. The van der Waals surface area contributed by atoms with Crippen LogP contribution in [-0.2, 0) is 0 Å². The van der Waals surface area contributed by atoms with Gasteiger partial charge in [-0.1, -0.05) is 0 Å². The first-order valence-electron chi connectivity index (χ1n) is 4.56.